The molecule has 5 rings (SSSR count). The van der Waals surface area contributed by atoms with Crippen molar-refractivity contribution in [3.63, 3.8) is 0 Å². The summed E-state index contributed by atoms with van der Waals surface area (Å²) < 4.78 is 12.7. The highest BCUT2D eigenvalue weighted by Crippen LogP contribution is 2.51. The number of fused-ring (bicyclic) bond motifs is 2. The van der Waals surface area contributed by atoms with E-state index in [0.29, 0.717) is 11.5 Å². The van der Waals surface area contributed by atoms with E-state index in [2.05, 4.69) is 6.07 Å². The summed E-state index contributed by atoms with van der Waals surface area (Å²) in [4.78, 5) is 27.1. The van der Waals surface area contributed by atoms with Crippen molar-refractivity contribution >= 4 is 22.9 Å². The van der Waals surface area contributed by atoms with Crippen molar-refractivity contribution in [1.82, 2.24) is 0 Å². The molecule has 0 atom stereocenters. The molecule has 37 heavy (non-hydrogen) atoms. The van der Waals surface area contributed by atoms with Crippen LogP contribution >= 0.6 is 0 Å². The Morgan fingerprint density at radius 1 is 0.622 bits per heavy atom. The number of nitrogen functional groups attached to an aromatic ring is 2. The van der Waals surface area contributed by atoms with Gasteiger partial charge in [0, 0.05) is 11.1 Å². The van der Waals surface area contributed by atoms with Gasteiger partial charge in [0.25, 0.3) is 0 Å². The first-order valence-electron chi connectivity index (χ1n) is 12.0. The van der Waals surface area contributed by atoms with Crippen molar-refractivity contribution in [3.8, 4) is 23.0 Å². The summed E-state index contributed by atoms with van der Waals surface area (Å²) in [5, 5.41) is 0. The molecule has 6 heteroatoms. The van der Waals surface area contributed by atoms with E-state index < -0.39 is 0 Å². The summed E-state index contributed by atoms with van der Waals surface area (Å²) in [7, 11) is 0. The third-order valence-electron chi connectivity index (χ3n) is 6.75. The Morgan fingerprint density at radius 3 is 1.65 bits per heavy atom. The van der Waals surface area contributed by atoms with E-state index in [1.807, 2.05) is 58.9 Å². The quantitative estimate of drug-likeness (QED) is 0.269. The zero-order valence-corrected chi connectivity index (χ0v) is 21.5. The van der Waals surface area contributed by atoms with E-state index in [1.165, 1.54) is 0 Å². The second kappa shape index (κ2) is 8.82. The topological polar surface area (TPSA) is 105 Å². The van der Waals surface area contributed by atoms with E-state index in [0.717, 1.165) is 27.8 Å². The number of ether oxygens (including phenoxy) is 2. The molecule has 0 spiro atoms. The SMILES string of the molecule is Cc1cc(C)cc(Oc2c(N)c3c(c(N)c2Oc2cc(C)cc(C)c2C)C(=O)c2ccccc2C3=O)c1. The number of benzene rings is 4. The number of carbonyl (C=O) groups is 2. The number of nitrogens with two attached hydrogens (primary N) is 2. The molecule has 0 heterocycles. The van der Waals surface area contributed by atoms with Crippen LogP contribution < -0.4 is 20.9 Å². The molecule has 6 nitrogen and oxygen atoms in total. The van der Waals surface area contributed by atoms with Gasteiger partial charge in [-0.1, -0.05) is 36.4 Å². The number of hydrogen-bond donors (Lipinski definition) is 2. The van der Waals surface area contributed by atoms with Gasteiger partial charge in [0.15, 0.2) is 23.1 Å². The summed E-state index contributed by atoms with van der Waals surface area (Å²) >= 11 is 0. The monoisotopic (exact) mass is 492 g/mol. The van der Waals surface area contributed by atoms with Crippen molar-refractivity contribution in [3.05, 3.63) is 105 Å². The highest BCUT2D eigenvalue weighted by molar-refractivity contribution is 6.32. The maximum Gasteiger partial charge on any atom is 0.196 e. The summed E-state index contributed by atoms with van der Waals surface area (Å²) in [6.07, 6.45) is 0. The molecule has 0 fully saturated rings. The van der Waals surface area contributed by atoms with Crippen LogP contribution in [0.2, 0.25) is 0 Å². The van der Waals surface area contributed by atoms with Gasteiger partial charge >= 0.3 is 0 Å². The molecule has 0 unspecified atom stereocenters. The van der Waals surface area contributed by atoms with Crippen molar-refractivity contribution in [2.45, 2.75) is 34.6 Å². The first kappa shape index (κ1) is 24.1. The molecule has 0 radical (unpaired) electrons. The van der Waals surface area contributed by atoms with Crippen LogP contribution in [0.3, 0.4) is 0 Å². The molecular formula is C31H28N2O4. The van der Waals surface area contributed by atoms with E-state index in [9.17, 15) is 9.59 Å². The lowest BCUT2D eigenvalue weighted by molar-refractivity contribution is 0.0980. The van der Waals surface area contributed by atoms with Gasteiger partial charge in [0.1, 0.15) is 11.5 Å². The number of rotatable bonds is 4. The van der Waals surface area contributed by atoms with E-state index in [4.69, 9.17) is 20.9 Å². The van der Waals surface area contributed by atoms with Crippen LogP contribution in [-0.2, 0) is 0 Å². The average Bonchev–Trinajstić information content (AvgIpc) is 2.84. The fourth-order valence-electron chi connectivity index (χ4n) is 4.89. The molecule has 0 saturated carbocycles. The van der Waals surface area contributed by atoms with Crippen LogP contribution in [0.15, 0.2) is 54.6 Å². The third kappa shape index (κ3) is 4.00. The molecule has 0 aromatic heterocycles. The molecule has 0 saturated heterocycles. The summed E-state index contributed by atoms with van der Waals surface area (Å²) in [6, 6.07) is 16.3. The van der Waals surface area contributed by atoms with Gasteiger partial charge in [0.2, 0.25) is 0 Å². The minimum atomic E-state index is -0.381. The van der Waals surface area contributed by atoms with Gasteiger partial charge in [0.05, 0.1) is 22.5 Å². The van der Waals surface area contributed by atoms with Gasteiger partial charge in [-0.3, -0.25) is 9.59 Å². The van der Waals surface area contributed by atoms with Crippen LogP contribution in [0.4, 0.5) is 11.4 Å². The normalized spacial score (nSPS) is 12.2. The molecule has 4 N–H and O–H groups in total. The van der Waals surface area contributed by atoms with E-state index >= 15 is 0 Å². The number of carbonyl (C=O) groups excluding carboxylic acids is 2. The van der Waals surface area contributed by atoms with Gasteiger partial charge < -0.3 is 20.9 Å². The smallest absolute Gasteiger partial charge is 0.196 e. The number of hydrogen-bond acceptors (Lipinski definition) is 6. The van der Waals surface area contributed by atoms with E-state index in [1.54, 1.807) is 24.3 Å². The Labute approximate surface area is 215 Å². The molecule has 0 aliphatic heterocycles. The molecule has 1 aliphatic rings. The predicted molar refractivity (Wildman–Crippen MR) is 145 cm³/mol. The Bertz CT molecular complexity index is 1620. The van der Waals surface area contributed by atoms with Gasteiger partial charge in [-0.15, -0.1) is 0 Å². The minimum Gasteiger partial charge on any atom is -0.451 e. The third-order valence-corrected chi connectivity index (χ3v) is 6.75. The van der Waals surface area contributed by atoms with Crippen molar-refractivity contribution in [1.29, 1.82) is 0 Å². The van der Waals surface area contributed by atoms with Crippen LogP contribution in [0.1, 0.15) is 59.7 Å². The second-order valence-corrected chi connectivity index (χ2v) is 9.67. The van der Waals surface area contributed by atoms with Gasteiger partial charge in [-0.05, 0) is 80.6 Å². The van der Waals surface area contributed by atoms with Crippen LogP contribution in [0, 0.1) is 34.6 Å². The van der Waals surface area contributed by atoms with Crippen molar-refractivity contribution in [2.75, 3.05) is 11.5 Å². The predicted octanol–water partition coefficient (Wildman–Crippen LogP) is 6.75. The van der Waals surface area contributed by atoms with Gasteiger partial charge in [-0.25, -0.2) is 0 Å². The molecular weight excluding hydrogens is 464 g/mol. The maximum absolute atomic E-state index is 13.6. The van der Waals surface area contributed by atoms with Crippen molar-refractivity contribution < 1.29 is 19.1 Å². The molecule has 1 aliphatic carbocycles. The fraction of sp³-hybridized carbons (Fsp3) is 0.161. The Balaban J connectivity index is 1.79. The maximum atomic E-state index is 13.6. The fourth-order valence-corrected chi connectivity index (χ4v) is 4.89. The summed E-state index contributed by atoms with van der Waals surface area (Å²) in [6.45, 7) is 9.82. The lowest BCUT2D eigenvalue weighted by atomic mass is 9.82. The first-order chi connectivity index (χ1) is 17.6. The Hall–Kier alpha value is -4.58. The largest absolute Gasteiger partial charge is 0.451 e. The summed E-state index contributed by atoms with van der Waals surface area (Å²) in [5.41, 5.74) is 18.8. The van der Waals surface area contributed by atoms with Crippen LogP contribution in [0.5, 0.6) is 23.0 Å². The van der Waals surface area contributed by atoms with Crippen molar-refractivity contribution in [2.24, 2.45) is 0 Å². The minimum absolute atomic E-state index is 0.00763. The number of ketones is 2. The first-order valence-corrected chi connectivity index (χ1v) is 12.0. The molecule has 0 bridgehead atoms. The zero-order valence-electron chi connectivity index (χ0n) is 21.5. The van der Waals surface area contributed by atoms with E-state index in [-0.39, 0.29) is 56.7 Å². The lowest BCUT2D eigenvalue weighted by Crippen LogP contribution is -2.24. The number of anilines is 2. The Kier molecular flexibility index (Phi) is 5.75. The molecule has 4 aromatic carbocycles. The second-order valence-electron chi connectivity index (χ2n) is 9.67. The summed E-state index contributed by atoms with van der Waals surface area (Å²) in [5.74, 6) is 0.511. The highest BCUT2D eigenvalue weighted by atomic mass is 16.5. The van der Waals surface area contributed by atoms with Crippen LogP contribution in [-0.4, -0.2) is 11.6 Å². The molecule has 4 aromatic rings. The zero-order chi connectivity index (χ0) is 26.6. The lowest BCUT2D eigenvalue weighted by Gasteiger charge is -2.25. The molecule has 186 valence electrons. The molecule has 0 amide bonds. The van der Waals surface area contributed by atoms with Crippen LogP contribution in [0.25, 0.3) is 0 Å². The highest BCUT2D eigenvalue weighted by Gasteiger charge is 2.37. The van der Waals surface area contributed by atoms with Gasteiger partial charge in [-0.2, -0.15) is 0 Å². The number of aryl methyl sites for hydroxylation is 4. The standard InChI is InChI=1S/C31H28N2O4/c1-15-10-16(2)13-20(12-15)36-30-26(32)24-25(29(35)22-9-7-6-8-21(22)28(24)34)27(33)31(30)37-23-14-17(3)11-18(4)19(23)5/h6-14H,32-33H2,1-5H3. The Morgan fingerprint density at radius 2 is 1.11 bits per heavy atom. The average molecular weight is 493 g/mol.